The Hall–Kier alpha value is -0.910. The summed E-state index contributed by atoms with van der Waals surface area (Å²) in [4.78, 5) is 10.8. The highest BCUT2D eigenvalue weighted by Crippen LogP contribution is 1.86. The maximum absolute atomic E-state index is 10.8. The van der Waals surface area contributed by atoms with E-state index in [4.69, 9.17) is 9.47 Å². The van der Waals surface area contributed by atoms with Crippen LogP contribution in [0.25, 0.3) is 0 Å². The van der Waals surface area contributed by atoms with E-state index in [2.05, 4.69) is 24.5 Å². The van der Waals surface area contributed by atoms with Gasteiger partial charge in [-0.25, -0.2) is 0 Å². The Morgan fingerprint density at radius 1 is 1.28 bits per heavy atom. The van der Waals surface area contributed by atoms with E-state index in [1.807, 2.05) is 12.2 Å². The molecule has 1 amide bonds. The van der Waals surface area contributed by atoms with Crippen molar-refractivity contribution >= 4 is 5.91 Å². The maximum atomic E-state index is 10.8. The molecule has 0 saturated heterocycles. The molecule has 0 aliphatic heterocycles. The standard InChI is InChI=1S/C13H26N2O3/c1-4-12(2)15-7-10-17-8-5-6-9-18-11-13(16)14-3/h5-6,12,15H,4,7-11H2,1-3H3,(H,14,16)/b6-5-. The first-order chi connectivity index (χ1) is 8.70. The second kappa shape index (κ2) is 12.5. The molecule has 0 aliphatic carbocycles. The van der Waals surface area contributed by atoms with Crippen LogP contribution < -0.4 is 10.6 Å². The summed E-state index contributed by atoms with van der Waals surface area (Å²) in [6, 6.07) is 0.544. The summed E-state index contributed by atoms with van der Waals surface area (Å²) in [5, 5.41) is 5.83. The van der Waals surface area contributed by atoms with E-state index in [-0.39, 0.29) is 12.5 Å². The maximum Gasteiger partial charge on any atom is 0.245 e. The lowest BCUT2D eigenvalue weighted by molar-refractivity contribution is -0.124. The largest absolute Gasteiger partial charge is 0.376 e. The molecule has 0 aliphatic rings. The Kier molecular flexibility index (Phi) is 11.9. The third-order valence-corrected chi connectivity index (χ3v) is 2.46. The molecule has 0 fully saturated rings. The monoisotopic (exact) mass is 258 g/mol. The summed E-state index contributed by atoms with van der Waals surface area (Å²) in [5.74, 6) is -0.115. The third kappa shape index (κ3) is 11.6. The molecular formula is C13H26N2O3. The number of carbonyl (C=O) groups is 1. The zero-order valence-electron chi connectivity index (χ0n) is 11.7. The van der Waals surface area contributed by atoms with Crippen LogP contribution in [-0.4, -0.2) is 52.0 Å². The number of ether oxygens (including phenoxy) is 2. The first kappa shape index (κ1) is 17.1. The Morgan fingerprint density at radius 2 is 1.94 bits per heavy atom. The third-order valence-electron chi connectivity index (χ3n) is 2.46. The van der Waals surface area contributed by atoms with Gasteiger partial charge in [-0.05, 0) is 13.3 Å². The van der Waals surface area contributed by atoms with Crippen LogP contribution in [0.15, 0.2) is 12.2 Å². The molecule has 1 unspecified atom stereocenters. The van der Waals surface area contributed by atoms with Gasteiger partial charge in [0.05, 0.1) is 19.8 Å². The van der Waals surface area contributed by atoms with E-state index in [0.717, 1.165) is 13.0 Å². The van der Waals surface area contributed by atoms with Crippen LogP contribution >= 0.6 is 0 Å². The molecule has 0 spiro atoms. The van der Waals surface area contributed by atoms with Crippen molar-refractivity contribution in [3.05, 3.63) is 12.2 Å². The van der Waals surface area contributed by atoms with Gasteiger partial charge < -0.3 is 20.1 Å². The van der Waals surface area contributed by atoms with Crippen LogP contribution in [-0.2, 0) is 14.3 Å². The first-order valence-corrected chi connectivity index (χ1v) is 6.45. The smallest absolute Gasteiger partial charge is 0.245 e. The Labute approximate surface area is 110 Å². The lowest BCUT2D eigenvalue weighted by Gasteiger charge is -2.10. The van der Waals surface area contributed by atoms with Gasteiger partial charge in [0.2, 0.25) is 5.91 Å². The van der Waals surface area contributed by atoms with Crippen LogP contribution in [0.2, 0.25) is 0 Å². The molecule has 18 heavy (non-hydrogen) atoms. The molecule has 0 aromatic rings. The molecule has 106 valence electrons. The molecule has 2 N–H and O–H groups in total. The normalized spacial score (nSPS) is 12.8. The van der Waals surface area contributed by atoms with Crippen LogP contribution in [0, 0.1) is 0 Å². The van der Waals surface area contributed by atoms with Crippen LogP contribution in [0.5, 0.6) is 0 Å². The van der Waals surface area contributed by atoms with E-state index < -0.39 is 0 Å². The Balaban J connectivity index is 3.21. The van der Waals surface area contributed by atoms with Crippen molar-refractivity contribution in [2.75, 3.05) is 40.0 Å². The quantitative estimate of drug-likeness (QED) is 0.423. The summed E-state index contributed by atoms with van der Waals surface area (Å²) < 4.78 is 10.5. The minimum absolute atomic E-state index is 0.0977. The number of likely N-dealkylation sites (N-methyl/N-ethyl adjacent to an activating group) is 1. The highest BCUT2D eigenvalue weighted by Gasteiger charge is 1.95. The fraction of sp³-hybridized carbons (Fsp3) is 0.769. The average Bonchev–Trinajstić information content (AvgIpc) is 2.40. The predicted molar refractivity (Wildman–Crippen MR) is 72.6 cm³/mol. The highest BCUT2D eigenvalue weighted by molar-refractivity contribution is 5.76. The molecule has 5 heteroatoms. The lowest BCUT2D eigenvalue weighted by Crippen LogP contribution is -2.28. The van der Waals surface area contributed by atoms with Gasteiger partial charge in [-0.2, -0.15) is 0 Å². The molecule has 0 radical (unpaired) electrons. The van der Waals surface area contributed by atoms with Gasteiger partial charge in [0.1, 0.15) is 6.61 Å². The topological polar surface area (TPSA) is 59.6 Å². The summed E-state index contributed by atoms with van der Waals surface area (Å²) >= 11 is 0. The molecule has 0 heterocycles. The van der Waals surface area contributed by atoms with E-state index >= 15 is 0 Å². The molecule has 0 rings (SSSR count). The molecule has 1 atom stereocenters. The second-order valence-electron chi connectivity index (χ2n) is 4.00. The van der Waals surface area contributed by atoms with Gasteiger partial charge in [0.15, 0.2) is 0 Å². The van der Waals surface area contributed by atoms with Crippen molar-refractivity contribution < 1.29 is 14.3 Å². The SMILES string of the molecule is CCC(C)NCCOC/C=C\COCC(=O)NC. The number of rotatable bonds is 11. The first-order valence-electron chi connectivity index (χ1n) is 6.45. The van der Waals surface area contributed by atoms with Gasteiger partial charge in [0.25, 0.3) is 0 Å². The average molecular weight is 258 g/mol. The van der Waals surface area contributed by atoms with Crippen molar-refractivity contribution in [1.29, 1.82) is 0 Å². The minimum atomic E-state index is -0.115. The number of nitrogens with one attached hydrogen (secondary N) is 2. The van der Waals surface area contributed by atoms with Crippen molar-refractivity contribution in [2.24, 2.45) is 0 Å². The Morgan fingerprint density at radius 3 is 2.56 bits per heavy atom. The van der Waals surface area contributed by atoms with Crippen molar-refractivity contribution in [3.63, 3.8) is 0 Å². The molecular weight excluding hydrogens is 232 g/mol. The summed E-state index contributed by atoms with van der Waals surface area (Å²) in [5.41, 5.74) is 0. The predicted octanol–water partition coefficient (Wildman–Crippen LogP) is 0.710. The zero-order valence-corrected chi connectivity index (χ0v) is 11.7. The number of hydrogen-bond acceptors (Lipinski definition) is 4. The van der Waals surface area contributed by atoms with E-state index in [1.165, 1.54) is 0 Å². The number of hydrogen-bond donors (Lipinski definition) is 2. The molecule has 5 nitrogen and oxygen atoms in total. The van der Waals surface area contributed by atoms with Crippen LogP contribution in [0.3, 0.4) is 0 Å². The minimum Gasteiger partial charge on any atom is -0.376 e. The van der Waals surface area contributed by atoms with E-state index in [9.17, 15) is 4.79 Å². The molecule has 0 aromatic carbocycles. The van der Waals surface area contributed by atoms with Gasteiger partial charge in [-0.1, -0.05) is 19.1 Å². The molecule has 0 aromatic heterocycles. The van der Waals surface area contributed by atoms with Crippen LogP contribution in [0.4, 0.5) is 0 Å². The summed E-state index contributed by atoms with van der Waals surface area (Å²) in [6.45, 7) is 6.99. The fourth-order valence-corrected chi connectivity index (χ4v) is 1.10. The molecule has 0 saturated carbocycles. The van der Waals surface area contributed by atoms with Crippen molar-refractivity contribution in [2.45, 2.75) is 26.3 Å². The Bertz CT molecular complexity index is 232. The summed E-state index contributed by atoms with van der Waals surface area (Å²) in [7, 11) is 1.59. The fourth-order valence-electron chi connectivity index (χ4n) is 1.10. The van der Waals surface area contributed by atoms with E-state index in [1.54, 1.807) is 7.05 Å². The second-order valence-corrected chi connectivity index (χ2v) is 4.00. The molecule has 0 bridgehead atoms. The van der Waals surface area contributed by atoms with Gasteiger partial charge in [-0.3, -0.25) is 4.79 Å². The van der Waals surface area contributed by atoms with Crippen molar-refractivity contribution in [1.82, 2.24) is 10.6 Å². The van der Waals surface area contributed by atoms with Crippen molar-refractivity contribution in [3.8, 4) is 0 Å². The van der Waals surface area contributed by atoms with Crippen LogP contribution in [0.1, 0.15) is 20.3 Å². The summed E-state index contributed by atoms with van der Waals surface area (Å²) in [6.07, 6.45) is 4.88. The highest BCUT2D eigenvalue weighted by atomic mass is 16.5. The van der Waals surface area contributed by atoms with E-state index in [0.29, 0.717) is 25.9 Å². The zero-order chi connectivity index (χ0) is 13.6. The van der Waals surface area contributed by atoms with Gasteiger partial charge >= 0.3 is 0 Å². The lowest BCUT2D eigenvalue weighted by atomic mass is 10.3. The van der Waals surface area contributed by atoms with Gasteiger partial charge in [0, 0.05) is 19.6 Å². The van der Waals surface area contributed by atoms with Gasteiger partial charge in [-0.15, -0.1) is 0 Å². The number of amides is 1. The number of carbonyl (C=O) groups excluding carboxylic acids is 1.